The van der Waals surface area contributed by atoms with Crippen molar-refractivity contribution in [2.24, 2.45) is 4.99 Å². The molecule has 0 saturated carbocycles. The summed E-state index contributed by atoms with van der Waals surface area (Å²) in [6.45, 7) is 2.39. The number of nitrogens with zero attached hydrogens (tertiary/aromatic N) is 1. The minimum atomic E-state index is 0.427. The van der Waals surface area contributed by atoms with Gasteiger partial charge in [0.2, 0.25) is 0 Å². The average Bonchev–Trinajstić information content (AvgIpc) is 2.73. The first-order valence-electron chi connectivity index (χ1n) is 9.30. The fourth-order valence-electron chi connectivity index (χ4n) is 3.19. The Morgan fingerprint density at radius 1 is 0.897 bits per heavy atom. The number of fused-ring (bicyclic) bond motifs is 1. The Labute approximate surface area is 180 Å². The molecule has 29 heavy (non-hydrogen) atoms. The maximum absolute atomic E-state index is 6.24. The molecule has 4 heteroatoms. The molecule has 0 bridgehead atoms. The van der Waals surface area contributed by atoms with Crippen LogP contribution in [0.5, 0.6) is 5.75 Å². The molecular weight excluding hydrogens is 401 g/mol. The Morgan fingerprint density at radius 2 is 1.72 bits per heavy atom. The molecule has 0 saturated heterocycles. The van der Waals surface area contributed by atoms with Crippen LogP contribution in [0.25, 0.3) is 10.8 Å². The maximum Gasteiger partial charge on any atom is 0.129 e. The van der Waals surface area contributed by atoms with Gasteiger partial charge in [-0.1, -0.05) is 71.7 Å². The number of rotatable bonds is 5. The molecule has 0 radical (unpaired) electrons. The van der Waals surface area contributed by atoms with E-state index in [-0.39, 0.29) is 0 Å². The van der Waals surface area contributed by atoms with Crippen molar-refractivity contribution < 1.29 is 4.74 Å². The van der Waals surface area contributed by atoms with Crippen molar-refractivity contribution in [1.82, 2.24) is 0 Å². The van der Waals surface area contributed by atoms with Crippen molar-refractivity contribution in [2.45, 2.75) is 13.5 Å². The molecule has 0 unspecified atom stereocenters. The standard InChI is InChI=1S/C25H19Cl2NO/c1-17-23(27)10-5-11-24(17)28-15-22-21-9-3-2-7-19(21)12-13-25(22)29-16-18-6-4-8-20(26)14-18/h2-15H,16H2,1H3. The number of benzene rings is 4. The van der Waals surface area contributed by atoms with Gasteiger partial charge in [0, 0.05) is 21.8 Å². The van der Waals surface area contributed by atoms with E-state index in [1.165, 1.54) is 0 Å². The van der Waals surface area contributed by atoms with Crippen LogP contribution in [0.4, 0.5) is 5.69 Å². The van der Waals surface area contributed by atoms with Crippen LogP contribution in [0.2, 0.25) is 10.0 Å². The summed E-state index contributed by atoms with van der Waals surface area (Å²) in [5, 5.41) is 3.62. The molecule has 0 aromatic heterocycles. The number of aliphatic imine (C=N–C) groups is 1. The van der Waals surface area contributed by atoms with E-state index in [4.69, 9.17) is 32.9 Å². The van der Waals surface area contributed by atoms with Gasteiger partial charge in [0.15, 0.2) is 0 Å². The van der Waals surface area contributed by atoms with Crippen LogP contribution < -0.4 is 4.74 Å². The first-order valence-corrected chi connectivity index (χ1v) is 10.1. The predicted octanol–water partition coefficient (Wildman–Crippen LogP) is 7.78. The van der Waals surface area contributed by atoms with Gasteiger partial charge in [-0.3, -0.25) is 4.99 Å². The largest absolute Gasteiger partial charge is 0.488 e. The van der Waals surface area contributed by atoms with Crippen LogP contribution in [0.1, 0.15) is 16.7 Å². The lowest BCUT2D eigenvalue weighted by Crippen LogP contribution is -1.99. The van der Waals surface area contributed by atoms with Crippen LogP contribution in [0.15, 0.2) is 83.9 Å². The van der Waals surface area contributed by atoms with Gasteiger partial charge in [0.05, 0.1) is 5.69 Å². The molecule has 0 spiro atoms. The molecule has 144 valence electrons. The zero-order chi connectivity index (χ0) is 20.2. The van der Waals surface area contributed by atoms with E-state index in [9.17, 15) is 0 Å². The van der Waals surface area contributed by atoms with E-state index in [1.54, 1.807) is 0 Å². The second-order valence-corrected chi connectivity index (χ2v) is 7.60. The summed E-state index contributed by atoms with van der Waals surface area (Å²) in [6, 6.07) is 25.7. The van der Waals surface area contributed by atoms with Crippen LogP contribution in [-0.2, 0) is 6.61 Å². The molecule has 0 N–H and O–H groups in total. The van der Waals surface area contributed by atoms with Gasteiger partial charge in [-0.15, -0.1) is 0 Å². The Morgan fingerprint density at radius 3 is 2.59 bits per heavy atom. The van der Waals surface area contributed by atoms with Crippen LogP contribution >= 0.6 is 23.2 Å². The lowest BCUT2D eigenvalue weighted by molar-refractivity contribution is 0.306. The van der Waals surface area contributed by atoms with E-state index in [0.717, 1.165) is 38.9 Å². The van der Waals surface area contributed by atoms with Gasteiger partial charge < -0.3 is 4.74 Å². The molecule has 2 nitrogen and oxygen atoms in total. The van der Waals surface area contributed by atoms with E-state index in [1.807, 2.05) is 73.8 Å². The van der Waals surface area contributed by atoms with Crippen LogP contribution in [-0.4, -0.2) is 6.21 Å². The third-order valence-electron chi connectivity index (χ3n) is 4.79. The van der Waals surface area contributed by atoms with Gasteiger partial charge in [0.1, 0.15) is 12.4 Å². The van der Waals surface area contributed by atoms with Crippen molar-refractivity contribution in [3.05, 3.63) is 106 Å². The summed E-state index contributed by atoms with van der Waals surface area (Å²) < 4.78 is 6.15. The molecule has 0 amide bonds. The molecule has 4 aromatic carbocycles. The third-order valence-corrected chi connectivity index (χ3v) is 5.43. The highest BCUT2D eigenvalue weighted by Gasteiger charge is 2.09. The first kappa shape index (κ1) is 19.5. The Hall–Kier alpha value is -2.81. The van der Waals surface area contributed by atoms with Crippen LogP contribution in [0.3, 0.4) is 0 Å². The van der Waals surface area contributed by atoms with Gasteiger partial charge in [-0.25, -0.2) is 0 Å². The maximum atomic E-state index is 6.24. The zero-order valence-corrected chi connectivity index (χ0v) is 17.4. The lowest BCUT2D eigenvalue weighted by Gasteiger charge is -2.12. The van der Waals surface area contributed by atoms with Gasteiger partial charge in [-0.2, -0.15) is 0 Å². The second-order valence-electron chi connectivity index (χ2n) is 6.76. The first-order chi connectivity index (χ1) is 14.1. The van der Waals surface area contributed by atoms with Crippen molar-refractivity contribution in [1.29, 1.82) is 0 Å². The summed E-state index contributed by atoms with van der Waals surface area (Å²) in [5.74, 6) is 0.770. The van der Waals surface area contributed by atoms with Crippen molar-refractivity contribution >= 4 is 45.9 Å². The smallest absolute Gasteiger partial charge is 0.129 e. The topological polar surface area (TPSA) is 21.6 Å². The lowest BCUT2D eigenvalue weighted by atomic mass is 10.0. The number of halogens is 2. The number of hydrogen-bond donors (Lipinski definition) is 0. The van der Waals surface area contributed by atoms with E-state index in [0.29, 0.717) is 16.7 Å². The summed E-state index contributed by atoms with van der Waals surface area (Å²) in [5.41, 5.74) is 3.74. The fraction of sp³-hybridized carbons (Fsp3) is 0.0800. The summed E-state index contributed by atoms with van der Waals surface area (Å²) in [7, 11) is 0. The molecule has 0 heterocycles. The van der Waals surface area contributed by atoms with Crippen molar-refractivity contribution in [3.63, 3.8) is 0 Å². The highest BCUT2D eigenvalue weighted by molar-refractivity contribution is 6.31. The summed E-state index contributed by atoms with van der Waals surface area (Å²) >= 11 is 12.3. The van der Waals surface area contributed by atoms with E-state index < -0.39 is 0 Å². The highest BCUT2D eigenvalue weighted by atomic mass is 35.5. The average molecular weight is 420 g/mol. The minimum Gasteiger partial charge on any atom is -0.488 e. The highest BCUT2D eigenvalue weighted by Crippen LogP contribution is 2.30. The molecule has 4 aromatic rings. The summed E-state index contributed by atoms with van der Waals surface area (Å²) in [4.78, 5) is 4.71. The van der Waals surface area contributed by atoms with Crippen LogP contribution in [0, 0.1) is 6.92 Å². The Bertz CT molecular complexity index is 1200. The SMILES string of the molecule is Cc1c(Cl)cccc1N=Cc1c(OCc2cccc(Cl)c2)ccc2ccccc12. The monoisotopic (exact) mass is 419 g/mol. The number of ether oxygens (including phenoxy) is 1. The predicted molar refractivity (Wildman–Crippen MR) is 123 cm³/mol. The van der Waals surface area contributed by atoms with Crippen molar-refractivity contribution in [2.75, 3.05) is 0 Å². The normalized spacial score (nSPS) is 11.3. The second kappa shape index (κ2) is 8.69. The molecule has 0 aliphatic heterocycles. The Balaban J connectivity index is 1.72. The van der Waals surface area contributed by atoms with Crippen molar-refractivity contribution in [3.8, 4) is 5.75 Å². The third kappa shape index (κ3) is 4.45. The Kier molecular flexibility index (Phi) is 5.84. The zero-order valence-electron chi connectivity index (χ0n) is 15.9. The molecule has 0 atom stereocenters. The quantitative estimate of drug-likeness (QED) is 0.302. The molecule has 0 aliphatic rings. The molecular formula is C25H19Cl2NO. The molecule has 0 aliphatic carbocycles. The van der Waals surface area contributed by atoms with E-state index >= 15 is 0 Å². The number of hydrogen-bond acceptors (Lipinski definition) is 2. The summed E-state index contributed by atoms with van der Waals surface area (Å²) in [6.07, 6.45) is 1.86. The molecule has 4 rings (SSSR count). The van der Waals surface area contributed by atoms with E-state index in [2.05, 4.69) is 18.2 Å². The van der Waals surface area contributed by atoms with Gasteiger partial charge in [-0.05, 0) is 59.2 Å². The van der Waals surface area contributed by atoms with Gasteiger partial charge in [0.25, 0.3) is 0 Å². The fourth-order valence-corrected chi connectivity index (χ4v) is 3.57. The minimum absolute atomic E-state index is 0.427. The molecule has 0 fully saturated rings. The van der Waals surface area contributed by atoms with Gasteiger partial charge >= 0.3 is 0 Å².